The molecule has 2 N–H and O–H groups in total. The number of nitrogens with zero attached hydrogens (tertiary/aromatic N) is 3. The SMILES string of the molecule is COc1ccc(NSCc2cc(=O)c3nc(-c4cc(C)nc(Cl)c4)c(-c4ccccc4)nc3[nH]2)cc1. The lowest BCUT2D eigenvalue weighted by molar-refractivity contribution is 0.415. The number of aromatic nitrogens is 4. The summed E-state index contributed by atoms with van der Waals surface area (Å²) in [5, 5.41) is 0.358. The van der Waals surface area contributed by atoms with Gasteiger partial charge in [0.15, 0.2) is 11.2 Å². The highest BCUT2D eigenvalue weighted by atomic mass is 35.5. The van der Waals surface area contributed by atoms with Crippen molar-refractivity contribution in [1.82, 2.24) is 19.9 Å². The van der Waals surface area contributed by atoms with Crippen molar-refractivity contribution in [1.29, 1.82) is 0 Å². The lowest BCUT2D eigenvalue weighted by Gasteiger charge is -2.12. The maximum Gasteiger partial charge on any atom is 0.209 e. The molecule has 0 bridgehead atoms. The van der Waals surface area contributed by atoms with E-state index in [-0.39, 0.29) is 10.9 Å². The van der Waals surface area contributed by atoms with Crippen molar-refractivity contribution >= 4 is 40.4 Å². The number of aryl methyl sites for hydroxylation is 1. The summed E-state index contributed by atoms with van der Waals surface area (Å²) in [7, 11) is 1.63. The van der Waals surface area contributed by atoms with Gasteiger partial charge >= 0.3 is 0 Å². The molecule has 3 heterocycles. The van der Waals surface area contributed by atoms with Crippen LogP contribution < -0.4 is 14.9 Å². The Morgan fingerprint density at radius 3 is 2.42 bits per heavy atom. The topological polar surface area (TPSA) is 92.8 Å². The summed E-state index contributed by atoms with van der Waals surface area (Å²) in [5.41, 5.74) is 5.80. The highest BCUT2D eigenvalue weighted by Crippen LogP contribution is 2.31. The number of methoxy groups -OCH3 is 1. The third-order valence-electron chi connectivity index (χ3n) is 5.46. The number of benzene rings is 2. The molecule has 0 saturated carbocycles. The van der Waals surface area contributed by atoms with Crippen molar-refractivity contribution < 1.29 is 4.74 Å². The molecule has 0 aliphatic carbocycles. The minimum atomic E-state index is -0.200. The van der Waals surface area contributed by atoms with E-state index in [1.807, 2.05) is 67.6 Å². The molecular formula is C27H22ClN5O2S. The van der Waals surface area contributed by atoms with Crippen molar-refractivity contribution in [3.63, 3.8) is 0 Å². The van der Waals surface area contributed by atoms with E-state index in [0.717, 1.165) is 34.0 Å². The van der Waals surface area contributed by atoms with E-state index in [0.29, 0.717) is 27.9 Å². The van der Waals surface area contributed by atoms with E-state index in [2.05, 4.69) is 14.7 Å². The Bertz CT molecular complexity index is 1570. The number of hydrogen-bond donors (Lipinski definition) is 2. The van der Waals surface area contributed by atoms with Gasteiger partial charge in [-0.15, -0.1) is 0 Å². The number of ether oxygens (including phenoxy) is 1. The Labute approximate surface area is 217 Å². The third-order valence-corrected chi connectivity index (χ3v) is 6.49. The number of rotatable bonds is 7. The molecular weight excluding hydrogens is 494 g/mol. The van der Waals surface area contributed by atoms with Crippen molar-refractivity contribution in [2.24, 2.45) is 0 Å². The van der Waals surface area contributed by atoms with Crippen LogP contribution in [0.5, 0.6) is 5.75 Å². The fourth-order valence-corrected chi connectivity index (χ4v) is 4.74. The predicted octanol–water partition coefficient (Wildman–Crippen LogP) is 6.28. The van der Waals surface area contributed by atoms with Crippen LogP contribution in [0, 0.1) is 6.92 Å². The Hall–Kier alpha value is -3.88. The molecule has 0 fully saturated rings. The van der Waals surface area contributed by atoms with Crippen LogP contribution in [-0.2, 0) is 5.75 Å². The zero-order chi connectivity index (χ0) is 25.1. The second-order valence-corrected chi connectivity index (χ2v) is 9.25. The van der Waals surface area contributed by atoms with E-state index in [1.165, 1.54) is 11.9 Å². The molecule has 0 spiro atoms. The first-order valence-electron chi connectivity index (χ1n) is 11.2. The van der Waals surface area contributed by atoms with E-state index in [9.17, 15) is 4.79 Å². The fourth-order valence-electron chi connectivity index (χ4n) is 3.81. The number of nitrogens with one attached hydrogen (secondary N) is 2. The normalized spacial score (nSPS) is 11.0. The molecule has 5 rings (SSSR count). The average Bonchev–Trinajstić information content (AvgIpc) is 2.88. The van der Waals surface area contributed by atoms with Gasteiger partial charge < -0.3 is 14.4 Å². The van der Waals surface area contributed by atoms with Gasteiger partial charge in [-0.3, -0.25) is 4.79 Å². The van der Waals surface area contributed by atoms with Gasteiger partial charge in [0.05, 0.1) is 24.3 Å². The molecule has 0 radical (unpaired) electrons. The molecule has 36 heavy (non-hydrogen) atoms. The van der Waals surface area contributed by atoms with E-state index in [4.69, 9.17) is 26.3 Å². The average molecular weight is 516 g/mol. The summed E-state index contributed by atoms with van der Waals surface area (Å²) in [4.78, 5) is 30.2. The monoisotopic (exact) mass is 515 g/mol. The van der Waals surface area contributed by atoms with Gasteiger partial charge in [0.1, 0.15) is 10.9 Å². The van der Waals surface area contributed by atoms with Crippen LogP contribution >= 0.6 is 23.5 Å². The Balaban J connectivity index is 1.52. The zero-order valence-corrected chi connectivity index (χ0v) is 21.2. The van der Waals surface area contributed by atoms with Crippen molar-refractivity contribution in [3.05, 3.63) is 99.6 Å². The molecule has 0 unspecified atom stereocenters. The van der Waals surface area contributed by atoms with Crippen LogP contribution in [0.4, 0.5) is 5.69 Å². The number of hydrogen-bond acceptors (Lipinski definition) is 7. The standard InChI is InChI=1S/C27H22ClN5O2S/c1-16-12-18(13-23(28)29-16)25-24(17-6-4-3-5-7-17)32-27-26(31-25)22(34)14-20(30-27)15-36-33-19-8-10-21(35-2)11-9-19/h3-14,33H,15H2,1-2H3,(H,30,32,34). The molecule has 3 aromatic heterocycles. The van der Waals surface area contributed by atoms with E-state index >= 15 is 0 Å². The quantitative estimate of drug-likeness (QED) is 0.195. The van der Waals surface area contributed by atoms with Gasteiger partial charge in [-0.05, 0) is 55.3 Å². The molecule has 2 aromatic carbocycles. The van der Waals surface area contributed by atoms with Crippen LogP contribution in [0.2, 0.25) is 5.15 Å². The third kappa shape index (κ3) is 5.19. The minimum Gasteiger partial charge on any atom is -0.497 e. The number of pyridine rings is 2. The molecule has 0 saturated heterocycles. The number of anilines is 1. The maximum atomic E-state index is 13.1. The smallest absolute Gasteiger partial charge is 0.209 e. The Morgan fingerprint density at radius 1 is 0.944 bits per heavy atom. The van der Waals surface area contributed by atoms with Gasteiger partial charge in [0.25, 0.3) is 0 Å². The lowest BCUT2D eigenvalue weighted by Crippen LogP contribution is -2.10. The lowest BCUT2D eigenvalue weighted by atomic mass is 10.0. The van der Waals surface area contributed by atoms with Gasteiger partial charge in [0.2, 0.25) is 5.43 Å². The van der Waals surface area contributed by atoms with E-state index < -0.39 is 0 Å². The predicted molar refractivity (Wildman–Crippen MR) is 146 cm³/mol. The summed E-state index contributed by atoms with van der Waals surface area (Å²) >= 11 is 7.70. The second kappa shape index (κ2) is 10.4. The van der Waals surface area contributed by atoms with Crippen LogP contribution in [0.3, 0.4) is 0 Å². The van der Waals surface area contributed by atoms with Crippen LogP contribution in [0.1, 0.15) is 11.4 Å². The molecule has 0 atom stereocenters. The molecule has 9 heteroatoms. The molecule has 180 valence electrons. The molecule has 5 aromatic rings. The second-order valence-electron chi connectivity index (χ2n) is 8.08. The Morgan fingerprint density at radius 2 is 1.69 bits per heavy atom. The summed E-state index contributed by atoms with van der Waals surface area (Å²) in [5.74, 6) is 1.32. The number of aromatic amines is 1. The maximum absolute atomic E-state index is 13.1. The van der Waals surface area contributed by atoms with Gasteiger partial charge in [-0.2, -0.15) is 0 Å². The fraction of sp³-hybridized carbons (Fsp3) is 0.111. The highest BCUT2D eigenvalue weighted by Gasteiger charge is 2.17. The summed E-state index contributed by atoms with van der Waals surface area (Å²) in [6.07, 6.45) is 0. The van der Waals surface area contributed by atoms with Crippen molar-refractivity contribution in [3.8, 4) is 28.3 Å². The summed E-state index contributed by atoms with van der Waals surface area (Å²) in [6.45, 7) is 1.86. The summed E-state index contributed by atoms with van der Waals surface area (Å²) < 4.78 is 8.46. The Kier molecular flexibility index (Phi) is 6.88. The molecule has 0 aliphatic heterocycles. The first-order valence-corrected chi connectivity index (χ1v) is 12.5. The van der Waals surface area contributed by atoms with Crippen molar-refractivity contribution in [2.75, 3.05) is 11.8 Å². The van der Waals surface area contributed by atoms with Crippen LogP contribution in [0.15, 0.2) is 77.6 Å². The number of halogens is 1. The van der Waals surface area contributed by atoms with Gasteiger partial charge in [-0.25, -0.2) is 15.0 Å². The first kappa shape index (κ1) is 23.8. The van der Waals surface area contributed by atoms with Gasteiger partial charge in [0, 0.05) is 34.3 Å². The number of fused-ring (bicyclic) bond motifs is 1. The number of H-pyrrole nitrogens is 1. The minimum absolute atomic E-state index is 0.200. The van der Waals surface area contributed by atoms with Crippen LogP contribution in [0.25, 0.3) is 33.7 Å². The largest absolute Gasteiger partial charge is 0.497 e. The molecule has 0 amide bonds. The summed E-state index contributed by atoms with van der Waals surface area (Å²) in [6, 6.07) is 22.6. The molecule has 0 aliphatic rings. The molecule has 7 nitrogen and oxygen atoms in total. The van der Waals surface area contributed by atoms with E-state index in [1.54, 1.807) is 19.2 Å². The first-order chi connectivity index (χ1) is 17.5. The van der Waals surface area contributed by atoms with Crippen molar-refractivity contribution in [2.45, 2.75) is 12.7 Å². The van der Waals surface area contributed by atoms with Crippen LogP contribution in [-0.4, -0.2) is 27.0 Å². The van der Waals surface area contributed by atoms with Gasteiger partial charge in [-0.1, -0.05) is 41.9 Å². The highest BCUT2D eigenvalue weighted by molar-refractivity contribution is 7.99. The zero-order valence-electron chi connectivity index (χ0n) is 19.6.